The van der Waals surface area contributed by atoms with Gasteiger partial charge in [0.1, 0.15) is 0 Å². The minimum Gasteiger partial charge on any atom is -0.380 e. The Morgan fingerprint density at radius 1 is 1.00 bits per heavy atom. The van der Waals surface area contributed by atoms with Gasteiger partial charge in [-0.1, -0.05) is 78.1 Å². The predicted octanol–water partition coefficient (Wildman–Crippen LogP) is 5.31. The summed E-state index contributed by atoms with van der Waals surface area (Å²) in [5, 5.41) is 0. The number of carbonyl (C=O) groups excluding carboxylic acids is 1. The summed E-state index contributed by atoms with van der Waals surface area (Å²) in [4.78, 5) is 18.9. The van der Waals surface area contributed by atoms with Gasteiger partial charge in [0, 0.05) is 13.2 Å². The van der Waals surface area contributed by atoms with Crippen LogP contribution in [0.2, 0.25) is 0 Å². The lowest BCUT2D eigenvalue weighted by atomic mass is 9.91. The maximum atomic E-state index is 13.5. The van der Waals surface area contributed by atoms with Crippen molar-refractivity contribution < 1.29 is 9.53 Å². The molecule has 0 unspecified atom stereocenters. The van der Waals surface area contributed by atoms with Crippen molar-refractivity contribution in [3.8, 4) is 0 Å². The van der Waals surface area contributed by atoms with Crippen LogP contribution in [0, 0.1) is 6.92 Å². The van der Waals surface area contributed by atoms with Gasteiger partial charge in [-0.15, -0.1) is 0 Å². The van der Waals surface area contributed by atoms with E-state index in [0.717, 1.165) is 21.3 Å². The highest BCUT2D eigenvalue weighted by Gasteiger charge is 2.22. The van der Waals surface area contributed by atoms with E-state index in [0.29, 0.717) is 24.6 Å². The van der Waals surface area contributed by atoms with Gasteiger partial charge in [-0.2, -0.15) is 4.99 Å². The van der Waals surface area contributed by atoms with Crippen molar-refractivity contribution in [1.29, 1.82) is 0 Å². The van der Waals surface area contributed by atoms with Gasteiger partial charge < -0.3 is 9.30 Å². The number of rotatable bonds is 7. The fraction of sp³-hybridized carbons (Fsp3) is 0.231. The van der Waals surface area contributed by atoms with Crippen LogP contribution >= 0.6 is 11.3 Å². The average Bonchev–Trinajstić information content (AvgIpc) is 3.11. The first-order valence-corrected chi connectivity index (χ1v) is 11.3. The summed E-state index contributed by atoms with van der Waals surface area (Å²) in [6, 6.07) is 26.1. The summed E-state index contributed by atoms with van der Waals surface area (Å²) in [6.45, 7) is 5.96. The molecule has 0 atom stereocenters. The van der Waals surface area contributed by atoms with Gasteiger partial charge in [0.05, 0.1) is 22.7 Å². The van der Waals surface area contributed by atoms with Crippen LogP contribution in [0.25, 0.3) is 10.2 Å². The van der Waals surface area contributed by atoms with Crippen molar-refractivity contribution in [2.75, 3.05) is 13.2 Å². The molecule has 0 radical (unpaired) electrons. The molecule has 0 aliphatic rings. The number of hydrogen-bond donors (Lipinski definition) is 0. The molecule has 3 aromatic carbocycles. The van der Waals surface area contributed by atoms with Gasteiger partial charge in [-0.05, 0) is 42.7 Å². The first-order chi connectivity index (χ1) is 15.2. The van der Waals surface area contributed by atoms with Crippen LogP contribution < -0.4 is 4.80 Å². The average molecular weight is 431 g/mol. The summed E-state index contributed by atoms with van der Waals surface area (Å²) in [5.74, 6) is -0.597. The van der Waals surface area contributed by atoms with Gasteiger partial charge in [0.25, 0.3) is 5.91 Å². The van der Waals surface area contributed by atoms with E-state index >= 15 is 0 Å². The highest BCUT2D eigenvalue weighted by molar-refractivity contribution is 7.16. The molecule has 4 nitrogen and oxygen atoms in total. The number of nitrogens with zero attached hydrogens (tertiary/aromatic N) is 2. The normalized spacial score (nSPS) is 12.0. The molecule has 4 aromatic rings. The van der Waals surface area contributed by atoms with Gasteiger partial charge in [-0.25, -0.2) is 0 Å². The van der Waals surface area contributed by atoms with Gasteiger partial charge in [0.2, 0.25) is 0 Å². The molecule has 5 heteroatoms. The summed E-state index contributed by atoms with van der Waals surface area (Å²) < 4.78 is 8.80. The molecule has 0 saturated heterocycles. The molecule has 1 heterocycles. The Balaban J connectivity index is 1.81. The van der Waals surface area contributed by atoms with Crippen molar-refractivity contribution in [1.82, 2.24) is 4.57 Å². The number of carbonyl (C=O) groups is 1. The van der Waals surface area contributed by atoms with Crippen molar-refractivity contribution in [2.24, 2.45) is 4.99 Å². The summed E-state index contributed by atoms with van der Waals surface area (Å²) >= 11 is 1.55. The number of benzene rings is 3. The smallest absolute Gasteiger partial charge is 0.260 e. The third-order valence-corrected chi connectivity index (χ3v) is 6.26. The minimum absolute atomic E-state index is 0.161. The molecule has 1 aromatic heterocycles. The summed E-state index contributed by atoms with van der Waals surface area (Å²) in [7, 11) is 0. The molecule has 31 heavy (non-hydrogen) atoms. The zero-order valence-electron chi connectivity index (χ0n) is 17.8. The van der Waals surface area contributed by atoms with E-state index < -0.39 is 5.92 Å². The molecule has 0 N–H and O–H groups in total. The SMILES string of the molecule is CCOCCn1c(=NC(=O)C(c2ccccc2)c2ccccc2)sc2cc(C)ccc21. The zero-order valence-corrected chi connectivity index (χ0v) is 18.6. The molecule has 1 amide bonds. The van der Waals surface area contributed by atoms with Gasteiger partial charge in [-0.3, -0.25) is 4.79 Å². The van der Waals surface area contributed by atoms with E-state index in [1.165, 1.54) is 5.56 Å². The van der Waals surface area contributed by atoms with Crippen LogP contribution in [0.3, 0.4) is 0 Å². The number of thiazole rings is 1. The molecular weight excluding hydrogens is 404 g/mol. The number of aryl methyl sites for hydroxylation is 1. The maximum absolute atomic E-state index is 13.5. The first-order valence-electron chi connectivity index (χ1n) is 10.5. The van der Waals surface area contributed by atoms with Crippen molar-refractivity contribution >= 4 is 27.5 Å². The quantitative estimate of drug-likeness (QED) is 0.373. The van der Waals surface area contributed by atoms with Crippen LogP contribution in [0.4, 0.5) is 0 Å². The second-order valence-corrected chi connectivity index (χ2v) is 8.42. The number of amides is 1. The van der Waals surface area contributed by atoms with Crippen LogP contribution in [0.1, 0.15) is 29.5 Å². The van der Waals surface area contributed by atoms with Gasteiger partial charge in [0.15, 0.2) is 4.80 Å². The van der Waals surface area contributed by atoms with Crippen LogP contribution in [-0.2, 0) is 16.1 Å². The number of aromatic nitrogens is 1. The number of fused-ring (bicyclic) bond motifs is 1. The second kappa shape index (κ2) is 9.86. The monoisotopic (exact) mass is 430 g/mol. The van der Waals surface area contributed by atoms with E-state index in [1.54, 1.807) is 11.3 Å². The largest absolute Gasteiger partial charge is 0.380 e. The predicted molar refractivity (Wildman–Crippen MR) is 126 cm³/mol. The zero-order chi connectivity index (χ0) is 21.6. The Morgan fingerprint density at radius 2 is 1.65 bits per heavy atom. The fourth-order valence-corrected chi connectivity index (χ4v) is 4.87. The van der Waals surface area contributed by atoms with Crippen LogP contribution in [0.5, 0.6) is 0 Å². The van der Waals surface area contributed by atoms with Crippen LogP contribution in [0.15, 0.2) is 83.9 Å². The van der Waals surface area contributed by atoms with Crippen molar-refractivity contribution in [3.63, 3.8) is 0 Å². The minimum atomic E-state index is -0.435. The van der Waals surface area contributed by atoms with E-state index in [1.807, 2.05) is 67.6 Å². The Kier molecular flexibility index (Phi) is 6.75. The third kappa shape index (κ3) is 4.84. The Bertz CT molecular complexity index is 1190. The first kappa shape index (κ1) is 21.2. The molecule has 0 fully saturated rings. The highest BCUT2D eigenvalue weighted by atomic mass is 32.1. The van der Waals surface area contributed by atoms with E-state index in [-0.39, 0.29) is 5.91 Å². The summed E-state index contributed by atoms with van der Waals surface area (Å²) in [5.41, 5.74) is 4.16. The molecular formula is C26H26N2O2S. The Morgan fingerprint density at radius 3 is 2.26 bits per heavy atom. The fourth-order valence-electron chi connectivity index (χ4n) is 3.71. The van der Waals surface area contributed by atoms with Gasteiger partial charge >= 0.3 is 0 Å². The van der Waals surface area contributed by atoms with Crippen molar-refractivity contribution in [3.05, 3.63) is 100 Å². The molecule has 158 valence electrons. The van der Waals surface area contributed by atoms with Crippen molar-refractivity contribution in [2.45, 2.75) is 26.3 Å². The van der Waals surface area contributed by atoms with Crippen LogP contribution in [-0.4, -0.2) is 23.7 Å². The van der Waals surface area contributed by atoms with E-state index in [2.05, 4.69) is 34.7 Å². The lowest BCUT2D eigenvalue weighted by Gasteiger charge is -2.14. The second-order valence-electron chi connectivity index (χ2n) is 7.41. The highest BCUT2D eigenvalue weighted by Crippen LogP contribution is 2.26. The lowest BCUT2D eigenvalue weighted by molar-refractivity contribution is -0.118. The molecule has 0 aliphatic heterocycles. The Hall–Kier alpha value is -3.02. The molecule has 0 spiro atoms. The lowest BCUT2D eigenvalue weighted by Crippen LogP contribution is -2.22. The number of ether oxygens (including phenoxy) is 1. The standard InChI is InChI=1S/C26H26N2O2S/c1-3-30-17-16-28-22-15-14-19(2)18-23(22)31-26(28)27-25(29)24(20-10-6-4-7-11-20)21-12-8-5-9-13-21/h4-15,18,24H,3,16-17H2,1-2H3. The molecule has 0 bridgehead atoms. The van der Waals surface area contributed by atoms with E-state index in [9.17, 15) is 4.79 Å². The maximum Gasteiger partial charge on any atom is 0.260 e. The topological polar surface area (TPSA) is 43.6 Å². The Labute approximate surface area is 186 Å². The summed E-state index contributed by atoms with van der Waals surface area (Å²) in [6.07, 6.45) is 0. The van der Waals surface area contributed by atoms with E-state index in [4.69, 9.17) is 4.74 Å². The third-order valence-electron chi connectivity index (χ3n) is 5.22. The molecule has 0 aliphatic carbocycles. The molecule has 0 saturated carbocycles. The number of hydrogen-bond acceptors (Lipinski definition) is 3. The molecule has 4 rings (SSSR count).